The molecular weight excluding hydrogens is 472 g/mol. The fourth-order valence-electron chi connectivity index (χ4n) is 12.0. The number of ketones is 2. The summed E-state index contributed by atoms with van der Waals surface area (Å²) in [5.41, 5.74) is 0.717. The third kappa shape index (κ3) is 3.56. The molecule has 5 aliphatic rings. The molecule has 4 saturated carbocycles. The largest absolute Gasteiger partial charge is 0.481 e. The molecule has 4 heteroatoms. The Balaban J connectivity index is 1.62. The van der Waals surface area contributed by atoms with Crippen LogP contribution in [0.2, 0.25) is 0 Å². The number of carboxylic acids is 1. The molecular formula is C34H52O4. The lowest BCUT2D eigenvalue weighted by molar-refractivity contribution is -0.199. The SMILES string of the molecule is CC(=O)C[C@]1(C)CC(C(C)=O)C[C@]2(C)[C@H]3CC=C4[C@@H]5[C@@H](C)[C@H](C)CC[C@]5(C(=O)O)CC[C@@]4(C)[C@]3(C)CC[C@@H]12. The van der Waals surface area contributed by atoms with Gasteiger partial charge in [0.25, 0.3) is 0 Å². The van der Waals surface area contributed by atoms with Gasteiger partial charge in [0.05, 0.1) is 5.41 Å². The van der Waals surface area contributed by atoms with Gasteiger partial charge in [-0.25, -0.2) is 0 Å². The molecule has 0 aliphatic heterocycles. The normalized spacial score (nSPS) is 51.9. The summed E-state index contributed by atoms with van der Waals surface area (Å²) in [6, 6.07) is 0. The minimum absolute atomic E-state index is 0.0103. The molecule has 0 bridgehead atoms. The number of rotatable bonds is 4. The van der Waals surface area contributed by atoms with E-state index in [0.29, 0.717) is 30.1 Å². The van der Waals surface area contributed by atoms with Crippen LogP contribution in [-0.2, 0) is 14.4 Å². The van der Waals surface area contributed by atoms with Gasteiger partial charge >= 0.3 is 5.97 Å². The van der Waals surface area contributed by atoms with Crippen molar-refractivity contribution in [3.63, 3.8) is 0 Å². The Morgan fingerprint density at radius 1 is 0.921 bits per heavy atom. The van der Waals surface area contributed by atoms with Gasteiger partial charge in [0.15, 0.2) is 0 Å². The molecule has 5 aliphatic carbocycles. The maximum Gasteiger partial charge on any atom is 0.310 e. The van der Waals surface area contributed by atoms with Crippen molar-refractivity contribution in [3.05, 3.63) is 11.6 Å². The van der Waals surface area contributed by atoms with Gasteiger partial charge in [-0.15, -0.1) is 0 Å². The van der Waals surface area contributed by atoms with Crippen LogP contribution in [0.5, 0.6) is 0 Å². The number of aliphatic carboxylic acids is 1. The molecule has 11 atom stereocenters. The summed E-state index contributed by atoms with van der Waals surface area (Å²) in [7, 11) is 0. The number of fused-ring (bicyclic) bond motifs is 7. The first kappa shape index (κ1) is 28.1. The summed E-state index contributed by atoms with van der Waals surface area (Å²) in [6.45, 7) is 17.9. The summed E-state index contributed by atoms with van der Waals surface area (Å²) in [5.74, 6) is 1.85. The van der Waals surface area contributed by atoms with E-state index in [1.54, 1.807) is 13.8 Å². The molecule has 0 radical (unpaired) electrons. The van der Waals surface area contributed by atoms with Crippen LogP contribution in [-0.4, -0.2) is 22.6 Å². The molecule has 0 saturated heterocycles. The van der Waals surface area contributed by atoms with E-state index in [-0.39, 0.29) is 45.1 Å². The van der Waals surface area contributed by atoms with E-state index in [1.807, 2.05) is 0 Å². The molecule has 212 valence electrons. The summed E-state index contributed by atoms with van der Waals surface area (Å²) in [5, 5.41) is 10.6. The first-order chi connectivity index (χ1) is 17.6. The average molecular weight is 525 g/mol. The molecule has 0 amide bonds. The number of carboxylic acid groups (broad SMARTS) is 1. The van der Waals surface area contributed by atoms with Crippen molar-refractivity contribution in [2.45, 2.75) is 120 Å². The van der Waals surface area contributed by atoms with Crippen molar-refractivity contribution in [2.24, 2.45) is 62.6 Å². The average Bonchev–Trinajstić information content (AvgIpc) is 2.80. The highest BCUT2D eigenvalue weighted by Crippen LogP contribution is 2.76. The summed E-state index contributed by atoms with van der Waals surface area (Å²) >= 11 is 0. The zero-order chi connectivity index (χ0) is 28.1. The Labute approximate surface area is 230 Å². The lowest BCUT2D eigenvalue weighted by Gasteiger charge is -2.71. The van der Waals surface area contributed by atoms with E-state index in [1.165, 1.54) is 5.57 Å². The van der Waals surface area contributed by atoms with Crippen molar-refractivity contribution in [1.82, 2.24) is 0 Å². The van der Waals surface area contributed by atoms with Crippen LogP contribution in [0.3, 0.4) is 0 Å². The Bertz CT molecular complexity index is 1070. The van der Waals surface area contributed by atoms with Crippen molar-refractivity contribution in [3.8, 4) is 0 Å². The van der Waals surface area contributed by atoms with E-state index in [9.17, 15) is 19.5 Å². The van der Waals surface area contributed by atoms with Crippen LogP contribution in [0.1, 0.15) is 120 Å². The van der Waals surface area contributed by atoms with Crippen LogP contribution in [0, 0.1) is 62.6 Å². The third-order valence-corrected chi connectivity index (χ3v) is 14.1. The van der Waals surface area contributed by atoms with Crippen molar-refractivity contribution in [1.29, 1.82) is 0 Å². The molecule has 4 nitrogen and oxygen atoms in total. The second kappa shape index (κ2) is 8.77. The van der Waals surface area contributed by atoms with Crippen molar-refractivity contribution < 1.29 is 19.5 Å². The second-order valence-corrected chi connectivity index (χ2v) is 15.9. The van der Waals surface area contributed by atoms with Crippen LogP contribution in [0.4, 0.5) is 0 Å². The number of allylic oxidation sites excluding steroid dienone is 2. The monoisotopic (exact) mass is 524 g/mol. The quantitative estimate of drug-likeness (QED) is 0.380. The number of carbonyl (C=O) groups excluding carboxylic acids is 2. The zero-order valence-corrected chi connectivity index (χ0v) is 25.3. The first-order valence-corrected chi connectivity index (χ1v) is 15.5. The van der Waals surface area contributed by atoms with Gasteiger partial charge < -0.3 is 9.90 Å². The standard InChI is InChI=1S/C34H52O4/c1-20-11-14-34(29(37)38)16-15-32(7)25(28(34)22(20)3)9-10-27-31(6)19-24(23(4)36)18-30(5,17-21(2)35)26(31)12-13-33(27,32)8/h9,20,22,24,26-28H,10-19H2,1-8H3,(H,37,38)/t20-,22+,24?,26+,27-,28+,30-,31+,32-,33-,34+/m1/s1. The minimum atomic E-state index is -0.619. The predicted octanol–water partition coefficient (Wildman–Crippen LogP) is 7.89. The molecule has 0 spiro atoms. The molecule has 5 rings (SSSR count). The molecule has 0 aromatic carbocycles. The lowest BCUT2D eigenvalue weighted by Crippen LogP contribution is -2.65. The van der Waals surface area contributed by atoms with E-state index >= 15 is 0 Å². The Morgan fingerprint density at radius 2 is 1.61 bits per heavy atom. The van der Waals surface area contributed by atoms with Gasteiger partial charge in [-0.2, -0.15) is 0 Å². The summed E-state index contributed by atoms with van der Waals surface area (Å²) in [6.07, 6.45) is 11.6. The van der Waals surface area contributed by atoms with E-state index in [0.717, 1.165) is 57.8 Å². The highest BCUT2D eigenvalue weighted by atomic mass is 16.4. The number of Topliss-reactive ketones (excluding diaryl/α,β-unsaturated/α-hetero) is 2. The van der Waals surface area contributed by atoms with Gasteiger partial charge in [0, 0.05) is 12.3 Å². The van der Waals surface area contributed by atoms with Crippen LogP contribution in [0.15, 0.2) is 11.6 Å². The van der Waals surface area contributed by atoms with E-state index < -0.39 is 11.4 Å². The summed E-state index contributed by atoms with van der Waals surface area (Å²) < 4.78 is 0. The Kier molecular flexibility index (Phi) is 6.49. The second-order valence-electron chi connectivity index (χ2n) is 15.9. The highest BCUT2D eigenvalue weighted by Gasteiger charge is 2.70. The molecule has 1 N–H and O–H groups in total. The predicted molar refractivity (Wildman–Crippen MR) is 150 cm³/mol. The maximum absolute atomic E-state index is 12.9. The van der Waals surface area contributed by atoms with Gasteiger partial charge in [-0.3, -0.25) is 9.59 Å². The van der Waals surface area contributed by atoms with Crippen LogP contribution < -0.4 is 0 Å². The fourth-order valence-corrected chi connectivity index (χ4v) is 12.0. The first-order valence-electron chi connectivity index (χ1n) is 15.5. The molecule has 0 heterocycles. The number of carbonyl (C=O) groups is 3. The van der Waals surface area contributed by atoms with Crippen molar-refractivity contribution >= 4 is 17.5 Å². The topological polar surface area (TPSA) is 71.4 Å². The van der Waals surface area contributed by atoms with Crippen LogP contribution in [0.25, 0.3) is 0 Å². The van der Waals surface area contributed by atoms with Gasteiger partial charge in [-0.05, 0) is 123 Å². The molecule has 38 heavy (non-hydrogen) atoms. The summed E-state index contributed by atoms with van der Waals surface area (Å²) in [4.78, 5) is 38.3. The number of hydrogen-bond donors (Lipinski definition) is 1. The Morgan fingerprint density at radius 3 is 2.21 bits per heavy atom. The minimum Gasteiger partial charge on any atom is -0.481 e. The highest BCUT2D eigenvalue weighted by molar-refractivity contribution is 5.80. The third-order valence-electron chi connectivity index (χ3n) is 14.1. The smallest absolute Gasteiger partial charge is 0.310 e. The molecule has 0 aromatic heterocycles. The van der Waals surface area contributed by atoms with Gasteiger partial charge in [0.2, 0.25) is 0 Å². The molecule has 0 aromatic rings. The van der Waals surface area contributed by atoms with Crippen molar-refractivity contribution in [2.75, 3.05) is 0 Å². The van der Waals surface area contributed by atoms with Gasteiger partial charge in [-0.1, -0.05) is 53.2 Å². The zero-order valence-electron chi connectivity index (χ0n) is 25.3. The lowest BCUT2D eigenvalue weighted by atomic mass is 9.32. The van der Waals surface area contributed by atoms with E-state index in [2.05, 4.69) is 47.6 Å². The number of hydrogen-bond acceptors (Lipinski definition) is 3. The molecule has 1 unspecified atom stereocenters. The van der Waals surface area contributed by atoms with Gasteiger partial charge in [0.1, 0.15) is 11.6 Å². The fraction of sp³-hybridized carbons (Fsp3) is 0.853. The van der Waals surface area contributed by atoms with Crippen LogP contribution >= 0.6 is 0 Å². The van der Waals surface area contributed by atoms with E-state index in [4.69, 9.17) is 0 Å². The Hall–Kier alpha value is -1.45. The maximum atomic E-state index is 12.9. The molecule has 4 fully saturated rings.